The van der Waals surface area contributed by atoms with Gasteiger partial charge < -0.3 is 4.57 Å². The lowest BCUT2D eigenvalue weighted by Gasteiger charge is -2.27. The average molecular weight is 257 g/mol. The van der Waals surface area contributed by atoms with E-state index in [1.165, 1.54) is 0 Å². The molecule has 0 N–H and O–H groups in total. The van der Waals surface area contributed by atoms with Gasteiger partial charge in [-0.3, -0.25) is 0 Å². The van der Waals surface area contributed by atoms with Crippen LogP contribution in [0.1, 0.15) is 51.1 Å². The van der Waals surface area contributed by atoms with Gasteiger partial charge in [0.2, 0.25) is 0 Å². The Morgan fingerprint density at radius 2 is 2.06 bits per heavy atom. The Morgan fingerprint density at radius 1 is 1.35 bits per heavy atom. The molecule has 0 aromatic carbocycles. The summed E-state index contributed by atoms with van der Waals surface area (Å²) in [6.07, 6.45) is 4.00. The molecule has 2 heterocycles. The molecule has 96 valence electrons. The van der Waals surface area contributed by atoms with E-state index in [0.29, 0.717) is 12.2 Å². The zero-order valence-corrected chi connectivity index (χ0v) is 11.4. The molecule has 5 nitrogen and oxygen atoms in total. The van der Waals surface area contributed by atoms with E-state index in [1.807, 2.05) is 25.3 Å². The molecule has 1 aliphatic rings. The van der Waals surface area contributed by atoms with Crippen LogP contribution in [-0.2, 0) is 15.4 Å². The molecule has 0 bridgehead atoms. The van der Waals surface area contributed by atoms with Crippen molar-refractivity contribution < 1.29 is 8.42 Å². The molecule has 0 aliphatic carbocycles. The molecule has 0 spiro atoms. The number of hydrogen-bond donors (Lipinski definition) is 0. The molecule has 1 fully saturated rings. The minimum absolute atomic E-state index is 0.189. The van der Waals surface area contributed by atoms with Crippen LogP contribution >= 0.6 is 0 Å². The molecule has 0 saturated carbocycles. The van der Waals surface area contributed by atoms with Crippen molar-refractivity contribution >= 4 is 9.84 Å². The molecule has 17 heavy (non-hydrogen) atoms. The third-order valence-corrected chi connectivity index (χ3v) is 5.33. The fourth-order valence-corrected chi connectivity index (χ4v) is 4.12. The Morgan fingerprint density at radius 3 is 2.65 bits per heavy atom. The first-order valence-corrected chi connectivity index (χ1v) is 7.66. The first-order chi connectivity index (χ1) is 7.82. The standard InChI is InChI=1S/C11H19N3O2S/c1-11(2,3)14-8-12-13-10(14)9-6-4-5-7-17(9,15)16/h8-9H,4-7H2,1-3H3. The van der Waals surface area contributed by atoms with Crippen LogP contribution in [0.4, 0.5) is 0 Å². The van der Waals surface area contributed by atoms with E-state index in [9.17, 15) is 8.42 Å². The van der Waals surface area contributed by atoms with Gasteiger partial charge in [-0.05, 0) is 33.6 Å². The molecule has 1 aromatic heterocycles. The monoisotopic (exact) mass is 257 g/mol. The first-order valence-electron chi connectivity index (χ1n) is 5.94. The summed E-state index contributed by atoms with van der Waals surface area (Å²) in [6, 6.07) is 0. The molecule has 1 aromatic rings. The predicted molar refractivity (Wildman–Crippen MR) is 65.4 cm³/mol. The fourth-order valence-electron chi connectivity index (χ4n) is 2.22. The molecule has 1 atom stereocenters. The highest BCUT2D eigenvalue weighted by atomic mass is 32.2. The van der Waals surface area contributed by atoms with Crippen molar-refractivity contribution in [3.8, 4) is 0 Å². The van der Waals surface area contributed by atoms with Gasteiger partial charge in [0.1, 0.15) is 11.6 Å². The summed E-state index contributed by atoms with van der Waals surface area (Å²) in [7, 11) is -3.05. The van der Waals surface area contributed by atoms with Crippen LogP contribution in [-0.4, -0.2) is 28.9 Å². The Balaban J connectivity index is 2.44. The summed E-state index contributed by atoms with van der Waals surface area (Å²) in [5.74, 6) is 0.867. The molecule has 2 rings (SSSR count). The van der Waals surface area contributed by atoms with Gasteiger partial charge in [-0.25, -0.2) is 8.42 Å². The van der Waals surface area contributed by atoms with Crippen LogP contribution in [0.15, 0.2) is 6.33 Å². The number of nitrogens with zero attached hydrogens (tertiary/aromatic N) is 3. The molecular formula is C11H19N3O2S. The fraction of sp³-hybridized carbons (Fsp3) is 0.818. The largest absolute Gasteiger partial charge is 0.311 e. The molecule has 1 unspecified atom stereocenters. The SMILES string of the molecule is CC(C)(C)n1cnnc1C1CCCCS1(=O)=O. The van der Waals surface area contributed by atoms with Crippen molar-refractivity contribution in [3.05, 3.63) is 12.2 Å². The Hall–Kier alpha value is -0.910. The minimum atomic E-state index is -3.05. The maximum atomic E-state index is 12.1. The van der Waals surface area contributed by atoms with E-state index in [-0.39, 0.29) is 11.3 Å². The minimum Gasteiger partial charge on any atom is -0.311 e. The van der Waals surface area contributed by atoms with Crippen molar-refractivity contribution in [2.75, 3.05) is 5.75 Å². The van der Waals surface area contributed by atoms with Crippen molar-refractivity contribution in [2.24, 2.45) is 0 Å². The van der Waals surface area contributed by atoms with Crippen LogP contribution in [0, 0.1) is 0 Å². The van der Waals surface area contributed by atoms with Crippen molar-refractivity contribution in [1.82, 2.24) is 14.8 Å². The lowest BCUT2D eigenvalue weighted by atomic mass is 10.1. The number of aromatic nitrogens is 3. The summed E-state index contributed by atoms with van der Waals surface area (Å²) in [5.41, 5.74) is -0.189. The second kappa shape index (κ2) is 4.08. The lowest BCUT2D eigenvalue weighted by Crippen LogP contribution is -2.29. The molecule has 0 amide bonds. The normalized spacial score (nSPS) is 24.8. The molecule has 6 heteroatoms. The summed E-state index contributed by atoms with van der Waals surface area (Å²) < 4.78 is 26.0. The van der Waals surface area contributed by atoms with Gasteiger partial charge in [-0.2, -0.15) is 0 Å². The first kappa shape index (κ1) is 12.5. The summed E-state index contributed by atoms with van der Waals surface area (Å²) in [5, 5.41) is 7.44. The number of hydrogen-bond acceptors (Lipinski definition) is 4. The van der Waals surface area contributed by atoms with Crippen molar-refractivity contribution in [1.29, 1.82) is 0 Å². The Bertz CT molecular complexity index is 499. The van der Waals surface area contributed by atoms with E-state index >= 15 is 0 Å². The van der Waals surface area contributed by atoms with Crippen LogP contribution in [0.2, 0.25) is 0 Å². The van der Waals surface area contributed by atoms with Crippen LogP contribution in [0.3, 0.4) is 0 Å². The maximum absolute atomic E-state index is 12.1. The van der Waals surface area contributed by atoms with Gasteiger partial charge in [0, 0.05) is 5.54 Å². The highest BCUT2D eigenvalue weighted by Gasteiger charge is 2.35. The van der Waals surface area contributed by atoms with E-state index < -0.39 is 15.1 Å². The van der Waals surface area contributed by atoms with Gasteiger partial charge in [0.05, 0.1) is 5.75 Å². The average Bonchev–Trinajstić information content (AvgIpc) is 2.64. The second-order valence-electron chi connectivity index (χ2n) is 5.58. The highest BCUT2D eigenvalue weighted by molar-refractivity contribution is 7.91. The van der Waals surface area contributed by atoms with E-state index in [4.69, 9.17) is 0 Å². The third-order valence-electron chi connectivity index (χ3n) is 3.16. The van der Waals surface area contributed by atoms with E-state index in [1.54, 1.807) is 6.33 Å². The maximum Gasteiger partial charge on any atom is 0.160 e. The third kappa shape index (κ3) is 2.36. The predicted octanol–water partition coefficient (Wildman–Crippen LogP) is 1.67. The number of sulfone groups is 1. The lowest BCUT2D eigenvalue weighted by molar-refractivity contribution is 0.375. The van der Waals surface area contributed by atoms with Gasteiger partial charge >= 0.3 is 0 Å². The van der Waals surface area contributed by atoms with Gasteiger partial charge in [-0.15, -0.1) is 10.2 Å². The molecule has 1 aliphatic heterocycles. The van der Waals surface area contributed by atoms with Gasteiger partial charge in [0.25, 0.3) is 0 Å². The van der Waals surface area contributed by atoms with E-state index in [2.05, 4.69) is 10.2 Å². The summed E-state index contributed by atoms with van der Waals surface area (Å²) >= 11 is 0. The zero-order chi connectivity index (χ0) is 12.7. The van der Waals surface area contributed by atoms with Crippen molar-refractivity contribution in [3.63, 3.8) is 0 Å². The van der Waals surface area contributed by atoms with Crippen LogP contribution in [0.25, 0.3) is 0 Å². The Kier molecular flexibility index (Phi) is 3.01. The molecule has 0 radical (unpaired) electrons. The smallest absolute Gasteiger partial charge is 0.160 e. The van der Waals surface area contributed by atoms with Gasteiger partial charge in [0.15, 0.2) is 15.7 Å². The van der Waals surface area contributed by atoms with E-state index in [0.717, 1.165) is 12.8 Å². The van der Waals surface area contributed by atoms with Crippen LogP contribution < -0.4 is 0 Å². The zero-order valence-electron chi connectivity index (χ0n) is 10.5. The van der Waals surface area contributed by atoms with Crippen LogP contribution in [0.5, 0.6) is 0 Å². The van der Waals surface area contributed by atoms with Crippen molar-refractivity contribution in [2.45, 2.75) is 50.8 Å². The highest BCUT2D eigenvalue weighted by Crippen LogP contribution is 2.33. The summed E-state index contributed by atoms with van der Waals surface area (Å²) in [4.78, 5) is 0. The summed E-state index contributed by atoms with van der Waals surface area (Å²) in [6.45, 7) is 6.07. The Labute approximate surface area is 102 Å². The molecule has 1 saturated heterocycles. The topological polar surface area (TPSA) is 64.8 Å². The number of rotatable bonds is 1. The second-order valence-corrected chi connectivity index (χ2v) is 7.88. The quantitative estimate of drug-likeness (QED) is 0.767. The molecular weight excluding hydrogens is 238 g/mol. The van der Waals surface area contributed by atoms with Gasteiger partial charge in [-0.1, -0.05) is 6.42 Å².